The Hall–Kier alpha value is -2.31. The smallest absolute Gasteiger partial charge is 0.243 e. The fraction of sp³-hybridized carbons (Fsp3) is 0.286. The monoisotopic (exact) mass is 490 g/mol. The standard InChI is InChI=1S/C21H22N4O4S3/c26-19(14-22-20-23-21(24-31-20)30-15-16-4-2-1-3-5-16)17-6-8-18(9-7-17)32(27,28)25-10-12-29-13-11-25/h1-9H,10-15H2,(H,22,23,24). The van der Waals surface area contributed by atoms with Crippen LogP contribution in [0.4, 0.5) is 5.13 Å². The van der Waals surface area contributed by atoms with Gasteiger partial charge in [-0.15, -0.1) is 0 Å². The van der Waals surface area contributed by atoms with Gasteiger partial charge >= 0.3 is 0 Å². The summed E-state index contributed by atoms with van der Waals surface area (Å²) in [5.74, 6) is 0.615. The van der Waals surface area contributed by atoms with E-state index in [9.17, 15) is 13.2 Å². The number of ether oxygens (including phenoxy) is 1. The predicted octanol–water partition coefficient (Wildman–Crippen LogP) is 3.15. The number of hydrogen-bond acceptors (Lipinski definition) is 9. The molecular weight excluding hydrogens is 468 g/mol. The number of sulfonamides is 1. The molecule has 0 unspecified atom stereocenters. The van der Waals surface area contributed by atoms with Crippen molar-refractivity contribution in [1.82, 2.24) is 13.7 Å². The number of Topliss-reactive ketones (excluding diaryl/α,β-unsaturated/α-hetero) is 1. The average Bonchev–Trinajstić information content (AvgIpc) is 3.30. The maximum absolute atomic E-state index is 12.7. The molecule has 1 aliphatic heterocycles. The zero-order chi connectivity index (χ0) is 22.4. The van der Waals surface area contributed by atoms with Crippen molar-refractivity contribution in [3.05, 3.63) is 65.7 Å². The van der Waals surface area contributed by atoms with Crippen LogP contribution in [0.2, 0.25) is 0 Å². The summed E-state index contributed by atoms with van der Waals surface area (Å²) in [6.07, 6.45) is 0. The Balaban J connectivity index is 1.30. The van der Waals surface area contributed by atoms with E-state index in [1.165, 1.54) is 45.3 Å². The van der Waals surface area contributed by atoms with Crippen LogP contribution >= 0.6 is 23.3 Å². The van der Waals surface area contributed by atoms with E-state index in [4.69, 9.17) is 4.74 Å². The SMILES string of the molecule is O=C(CNc1nc(SCc2ccccc2)ns1)c1ccc(S(=O)(=O)N2CCOCC2)cc1. The molecule has 0 spiro atoms. The Morgan fingerprint density at radius 2 is 1.81 bits per heavy atom. The molecule has 3 aromatic rings. The lowest BCUT2D eigenvalue weighted by atomic mass is 10.1. The van der Waals surface area contributed by atoms with Gasteiger partial charge in [-0.2, -0.15) is 13.7 Å². The van der Waals surface area contributed by atoms with E-state index in [2.05, 4.69) is 26.8 Å². The molecule has 2 heterocycles. The molecule has 0 atom stereocenters. The minimum atomic E-state index is -3.58. The number of hydrogen-bond donors (Lipinski definition) is 1. The lowest BCUT2D eigenvalue weighted by Crippen LogP contribution is -2.40. The summed E-state index contributed by atoms with van der Waals surface area (Å²) < 4.78 is 36.3. The first-order valence-electron chi connectivity index (χ1n) is 9.98. The largest absolute Gasteiger partial charge is 0.379 e. The third kappa shape index (κ3) is 5.73. The van der Waals surface area contributed by atoms with Gasteiger partial charge in [0.15, 0.2) is 5.78 Å². The van der Waals surface area contributed by atoms with Crippen LogP contribution in [0.1, 0.15) is 15.9 Å². The van der Waals surface area contributed by atoms with Gasteiger partial charge in [0.2, 0.25) is 20.3 Å². The van der Waals surface area contributed by atoms with Crippen LogP contribution in [-0.4, -0.2) is 60.7 Å². The number of nitrogens with zero attached hydrogens (tertiary/aromatic N) is 3. The Bertz CT molecular complexity index is 1150. The fourth-order valence-corrected chi connectivity index (χ4v) is 5.97. The van der Waals surface area contributed by atoms with E-state index in [1.807, 2.05) is 18.2 Å². The van der Waals surface area contributed by atoms with Crippen molar-refractivity contribution >= 4 is 44.2 Å². The number of thioether (sulfide) groups is 1. The van der Waals surface area contributed by atoms with Gasteiger partial charge in [0.25, 0.3) is 0 Å². The molecule has 4 rings (SSSR count). The summed E-state index contributed by atoms with van der Waals surface area (Å²) in [6.45, 7) is 1.49. The summed E-state index contributed by atoms with van der Waals surface area (Å²) in [5, 5.41) is 4.23. The molecule has 11 heteroatoms. The number of carbonyl (C=O) groups excluding carboxylic acids is 1. The molecular formula is C21H22N4O4S3. The number of rotatable bonds is 9. The van der Waals surface area contributed by atoms with Gasteiger partial charge in [0.05, 0.1) is 24.7 Å². The van der Waals surface area contributed by atoms with Crippen LogP contribution in [0.25, 0.3) is 0 Å². The molecule has 0 saturated carbocycles. The summed E-state index contributed by atoms with van der Waals surface area (Å²) in [6, 6.07) is 16.1. The van der Waals surface area contributed by atoms with Gasteiger partial charge in [-0.25, -0.2) is 8.42 Å². The third-order valence-electron chi connectivity index (χ3n) is 4.80. The van der Waals surface area contributed by atoms with Gasteiger partial charge in [0, 0.05) is 35.9 Å². The average molecular weight is 491 g/mol. The molecule has 0 radical (unpaired) electrons. The second kappa shape index (κ2) is 10.5. The molecule has 0 amide bonds. The van der Waals surface area contributed by atoms with Crippen molar-refractivity contribution in [2.24, 2.45) is 0 Å². The number of nitrogens with one attached hydrogen (secondary N) is 1. The Morgan fingerprint density at radius 3 is 2.53 bits per heavy atom. The molecule has 1 N–H and O–H groups in total. The van der Waals surface area contributed by atoms with Gasteiger partial charge in [0.1, 0.15) is 0 Å². The first-order valence-corrected chi connectivity index (χ1v) is 13.2. The number of morpholine rings is 1. The van der Waals surface area contributed by atoms with Crippen molar-refractivity contribution in [3.8, 4) is 0 Å². The zero-order valence-corrected chi connectivity index (χ0v) is 19.6. The minimum Gasteiger partial charge on any atom is -0.379 e. The predicted molar refractivity (Wildman–Crippen MR) is 125 cm³/mol. The van der Waals surface area contributed by atoms with Crippen molar-refractivity contribution < 1.29 is 17.9 Å². The normalized spacial score (nSPS) is 14.9. The van der Waals surface area contributed by atoms with E-state index < -0.39 is 10.0 Å². The van der Waals surface area contributed by atoms with Gasteiger partial charge in [-0.1, -0.05) is 42.1 Å². The van der Waals surface area contributed by atoms with Crippen molar-refractivity contribution in [3.63, 3.8) is 0 Å². The van der Waals surface area contributed by atoms with Crippen LogP contribution < -0.4 is 5.32 Å². The van der Waals surface area contributed by atoms with Crippen LogP contribution in [0, 0.1) is 0 Å². The molecule has 168 valence electrons. The molecule has 0 aliphatic carbocycles. The number of anilines is 1. The maximum Gasteiger partial charge on any atom is 0.243 e. The van der Waals surface area contributed by atoms with E-state index in [0.717, 1.165) is 5.75 Å². The Morgan fingerprint density at radius 1 is 1.09 bits per heavy atom. The lowest BCUT2D eigenvalue weighted by molar-refractivity contribution is 0.0730. The Labute approximate surface area is 195 Å². The number of aromatic nitrogens is 2. The molecule has 1 aromatic heterocycles. The van der Waals surface area contributed by atoms with Crippen molar-refractivity contribution in [2.75, 3.05) is 38.2 Å². The van der Waals surface area contributed by atoms with Gasteiger partial charge in [-0.3, -0.25) is 4.79 Å². The molecule has 1 fully saturated rings. The minimum absolute atomic E-state index is 0.0492. The second-order valence-electron chi connectivity index (χ2n) is 6.97. The number of benzene rings is 2. The zero-order valence-electron chi connectivity index (χ0n) is 17.1. The topological polar surface area (TPSA) is 101 Å². The molecule has 0 bridgehead atoms. The summed E-state index contributed by atoms with van der Waals surface area (Å²) >= 11 is 2.74. The molecule has 2 aromatic carbocycles. The van der Waals surface area contributed by atoms with Crippen molar-refractivity contribution in [2.45, 2.75) is 15.8 Å². The fourth-order valence-electron chi connectivity index (χ4n) is 3.07. The highest BCUT2D eigenvalue weighted by Crippen LogP contribution is 2.24. The summed E-state index contributed by atoms with van der Waals surface area (Å²) in [5.41, 5.74) is 1.62. The highest BCUT2D eigenvalue weighted by atomic mass is 32.2. The van der Waals surface area contributed by atoms with Crippen LogP contribution in [0.3, 0.4) is 0 Å². The highest BCUT2D eigenvalue weighted by Gasteiger charge is 2.26. The van der Waals surface area contributed by atoms with Crippen LogP contribution in [0.5, 0.6) is 0 Å². The first kappa shape index (κ1) is 22.9. The molecule has 8 nitrogen and oxygen atoms in total. The van der Waals surface area contributed by atoms with Gasteiger partial charge < -0.3 is 10.1 Å². The molecule has 32 heavy (non-hydrogen) atoms. The second-order valence-corrected chi connectivity index (χ2v) is 10.6. The van der Waals surface area contributed by atoms with Gasteiger partial charge in [-0.05, 0) is 29.8 Å². The van der Waals surface area contributed by atoms with E-state index in [1.54, 1.807) is 12.1 Å². The first-order chi connectivity index (χ1) is 15.5. The summed E-state index contributed by atoms with van der Waals surface area (Å²) in [7, 11) is -3.58. The van der Waals surface area contributed by atoms with Crippen LogP contribution in [-0.2, 0) is 20.5 Å². The third-order valence-corrected chi connectivity index (χ3v) is 8.42. The van der Waals surface area contributed by atoms with E-state index in [-0.39, 0.29) is 17.2 Å². The van der Waals surface area contributed by atoms with E-state index in [0.29, 0.717) is 42.2 Å². The summed E-state index contributed by atoms with van der Waals surface area (Å²) in [4.78, 5) is 17.1. The maximum atomic E-state index is 12.7. The van der Waals surface area contributed by atoms with Crippen molar-refractivity contribution in [1.29, 1.82) is 0 Å². The molecule has 1 saturated heterocycles. The molecule has 1 aliphatic rings. The Kier molecular flexibility index (Phi) is 7.53. The highest BCUT2D eigenvalue weighted by molar-refractivity contribution is 7.98. The quantitative estimate of drug-likeness (QED) is 0.361. The van der Waals surface area contributed by atoms with E-state index >= 15 is 0 Å². The number of carbonyl (C=O) groups is 1. The number of ketones is 1. The van der Waals surface area contributed by atoms with Crippen LogP contribution in [0.15, 0.2) is 64.6 Å². The lowest BCUT2D eigenvalue weighted by Gasteiger charge is -2.26.